The lowest BCUT2D eigenvalue weighted by atomic mass is 9.60. The molecule has 2 fully saturated rings. The Kier molecular flexibility index (Phi) is 2.99. The molecule has 2 aromatic carbocycles. The van der Waals surface area contributed by atoms with Crippen molar-refractivity contribution in [1.29, 1.82) is 0 Å². The molecule has 2 aliphatic heterocycles. The maximum Gasteiger partial charge on any atom is 0.165 e. The first-order chi connectivity index (χ1) is 11.7. The molecule has 0 N–H and O–H groups in total. The van der Waals surface area contributed by atoms with Crippen molar-refractivity contribution in [3.63, 3.8) is 0 Å². The van der Waals surface area contributed by atoms with E-state index in [4.69, 9.17) is 4.74 Å². The quantitative estimate of drug-likeness (QED) is 0.763. The second kappa shape index (κ2) is 5.00. The summed E-state index contributed by atoms with van der Waals surface area (Å²) in [5, 5.41) is 0. The molecule has 0 radical (unpaired) electrons. The summed E-state index contributed by atoms with van der Waals surface area (Å²) in [4.78, 5) is 12.8. The number of Topliss-reactive ketones (excluding diaryl/α,β-unsaturated/α-hetero) is 1. The zero-order chi connectivity index (χ0) is 16.3. The molecule has 6 rings (SSSR count). The maximum atomic E-state index is 13.8. The summed E-state index contributed by atoms with van der Waals surface area (Å²) in [7, 11) is 0. The van der Waals surface area contributed by atoms with Crippen molar-refractivity contribution in [3.8, 4) is 0 Å². The van der Waals surface area contributed by atoms with Gasteiger partial charge >= 0.3 is 0 Å². The van der Waals surface area contributed by atoms with E-state index in [0.717, 1.165) is 30.4 Å². The molecule has 24 heavy (non-hydrogen) atoms. The second-order valence-corrected chi connectivity index (χ2v) is 7.28. The smallest absolute Gasteiger partial charge is 0.165 e. The van der Waals surface area contributed by atoms with E-state index in [9.17, 15) is 9.18 Å². The molecule has 2 aromatic rings. The lowest BCUT2D eigenvalue weighted by molar-refractivity contribution is -0.176. The third kappa shape index (κ3) is 1.82. The number of carbonyl (C=O) groups excluding carboxylic acids is 1. The fourth-order valence-electron chi connectivity index (χ4n) is 5.18. The van der Waals surface area contributed by atoms with Gasteiger partial charge in [0.05, 0.1) is 6.10 Å². The van der Waals surface area contributed by atoms with E-state index in [1.165, 1.54) is 11.6 Å². The molecule has 1 saturated heterocycles. The summed E-state index contributed by atoms with van der Waals surface area (Å²) < 4.78 is 20.1. The Morgan fingerprint density at radius 2 is 1.92 bits per heavy atom. The summed E-state index contributed by atoms with van der Waals surface area (Å²) in [6.45, 7) is 0. The van der Waals surface area contributed by atoms with Gasteiger partial charge in [-0.05, 0) is 54.0 Å². The Hall–Kier alpha value is -2.00. The summed E-state index contributed by atoms with van der Waals surface area (Å²) >= 11 is 0. The van der Waals surface area contributed by atoms with Crippen LogP contribution in [-0.4, -0.2) is 11.4 Å². The van der Waals surface area contributed by atoms with Gasteiger partial charge in [-0.1, -0.05) is 36.4 Å². The molecular formula is C21H19FO2. The monoisotopic (exact) mass is 322 g/mol. The molecule has 1 spiro atoms. The van der Waals surface area contributed by atoms with E-state index in [0.29, 0.717) is 6.42 Å². The first-order valence-corrected chi connectivity index (χ1v) is 8.74. The average molecular weight is 322 g/mol. The highest BCUT2D eigenvalue weighted by Crippen LogP contribution is 2.62. The summed E-state index contributed by atoms with van der Waals surface area (Å²) in [5.41, 5.74) is 2.61. The van der Waals surface area contributed by atoms with Gasteiger partial charge in [-0.15, -0.1) is 0 Å². The van der Waals surface area contributed by atoms with Gasteiger partial charge in [-0.25, -0.2) is 4.39 Å². The van der Waals surface area contributed by atoms with Crippen molar-refractivity contribution in [2.45, 2.75) is 49.2 Å². The predicted octanol–water partition coefficient (Wildman–Crippen LogP) is 4.66. The van der Waals surface area contributed by atoms with Crippen LogP contribution in [0.4, 0.5) is 4.39 Å². The van der Waals surface area contributed by atoms with Crippen LogP contribution >= 0.6 is 0 Å². The third-order valence-electron chi connectivity index (χ3n) is 6.11. The number of ketones is 1. The van der Waals surface area contributed by atoms with E-state index < -0.39 is 5.60 Å². The van der Waals surface area contributed by atoms with Crippen LogP contribution < -0.4 is 0 Å². The van der Waals surface area contributed by atoms with Crippen molar-refractivity contribution in [3.05, 3.63) is 71.0 Å². The molecule has 3 heteroatoms. The zero-order valence-corrected chi connectivity index (χ0v) is 13.4. The van der Waals surface area contributed by atoms with E-state index in [1.54, 1.807) is 6.07 Å². The lowest BCUT2D eigenvalue weighted by Crippen LogP contribution is -2.53. The number of hydrogen-bond donors (Lipinski definition) is 0. The van der Waals surface area contributed by atoms with E-state index in [1.807, 2.05) is 24.3 Å². The zero-order valence-electron chi connectivity index (χ0n) is 13.4. The predicted molar refractivity (Wildman–Crippen MR) is 88.4 cm³/mol. The van der Waals surface area contributed by atoms with Gasteiger partial charge in [-0.2, -0.15) is 0 Å². The van der Waals surface area contributed by atoms with Gasteiger partial charge in [0.2, 0.25) is 0 Å². The Labute approximate surface area is 140 Å². The first-order valence-electron chi connectivity index (χ1n) is 8.74. The van der Waals surface area contributed by atoms with Crippen LogP contribution in [0.5, 0.6) is 0 Å². The molecule has 2 heterocycles. The fourth-order valence-corrected chi connectivity index (χ4v) is 5.18. The Morgan fingerprint density at radius 3 is 2.67 bits per heavy atom. The van der Waals surface area contributed by atoms with Crippen molar-refractivity contribution in [1.82, 2.24) is 0 Å². The number of halogens is 1. The molecule has 3 unspecified atom stereocenters. The van der Waals surface area contributed by atoms with Gasteiger partial charge in [-0.3, -0.25) is 4.79 Å². The molecule has 2 bridgehead atoms. The molecule has 0 amide bonds. The summed E-state index contributed by atoms with van der Waals surface area (Å²) in [6, 6.07) is 15.4. The maximum absolute atomic E-state index is 13.8. The molecule has 2 aliphatic carbocycles. The van der Waals surface area contributed by atoms with Crippen LogP contribution in [0.25, 0.3) is 0 Å². The molecule has 122 valence electrons. The normalized spacial score (nSPS) is 33.9. The Bertz CT molecular complexity index is 816. The van der Waals surface area contributed by atoms with Gasteiger partial charge in [0.15, 0.2) is 5.78 Å². The van der Waals surface area contributed by atoms with Gasteiger partial charge in [0.1, 0.15) is 11.4 Å². The summed E-state index contributed by atoms with van der Waals surface area (Å²) in [6.07, 6.45) is 2.90. The van der Waals surface area contributed by atoms with Crippen LogP contribution in [0.2, 0.25) is 0 Å². The number of rotatable bonds is 1. The molecule has 4 atom stereocenters. The minimum absolute atomic E-state index is 0.00417. The van der Waals surface area contributed by atoms with Crippen molar-refractivity contribution < 1.29 is 13.9 Å². The summed E-state index contributed by atoms with van der Waals surface area (Å²) in [5.74, 6) is 0.251. The minimum Gasteiger partial charge on any atom is -0.359 e. The van der Waals surface area contributed by atoms with Gasteiger partial charge < -0.3 is 4.74 Å². The third-order valence-corrected chi connectivity index (χ3v) is 6.11. The number of carbonyl (C=O) groups is 1. The van der Waals surface area contributed by atoms with E-state index >= 15 is 0 Å². The Balaban J connectivity index is 1.71. The minimum atomic E-state index is -0.700. The van der Waals surface area contributed by atoms with Gasteiger partial charge in [0.25, 0.3) is 0 Å². The largest absolute Gasteiger partial charge is 0.359 e. The average Bonchev–Trinajstić information content (AvgIpc) is 2.96. The molecule has 2 nitrogen and oxygen atoms in total. The number of ether oxygens (including phenoxy) is 1. The van der Waals surface area contributed by atoms with E-state index in [2.05, 4.69) is 12.1 Å². The highest BCUT2D eigenvalue weighted by Gasteiger charge is 2.60. The fraction of sp³-hybridized carbons (Fsp3) is 0.381. The van der Waals surface area contributed by atoms with Crippen LogP contribution in [-0.2, 0) is 9.53 Å². The number of fused-ring (bicyclic) bond motifs is 1. The number of benzene rings is 2. The molecule has 1 saturated carbocycles. The highest BCUT2D eigenvalue weighted by atomic mass is 19.1. The molecule has 4 aliphatic rings. The van der Waals surface area contributed by atoms with Crippen LogP contribution in [0, 0.1) is 5.82 Å². The molecular weight excluding hydrogens is 303 g/mol. The van der Waals surface area contributed by atoms with Crippen molar-refractivity contribution >= 4 is 5.78 Å². The topological polar surface area (TPSA) is 26.3 Å². The van der Waals surface area contributed by atoms with E-state index in [-0.39, 0.29) is 29.5 Å². The molecule has 0 aromatic heterocycles. The van der Waals surface area contributed by atoms with Crippen LogP contribution in [0.3, 0.4) is 0 Å². The second-order valence-electron chi connectivity index (χ2n) is 7.28. The Morgan fingerprint density at radius 1 is 1.08 bits per heavy atom. The van der Waals surface area contributed by atoms with Crippen molar-refractivity contribution in [2.75, 3.05) is 0 Å². The van der Waals surface area contributed by atoms with Crippen molar-refractivity contribution in [2.24, 2.45) is 0 Å². The SMILES string of the molecule is O=C1CCCC12OC1CC(c3ccccc3)[C@@H]2c2ccc(F)cc21. The van der Waals surface area contributed by atoms with Gasteiger partial charge in [0, 0.05) is 12.3 Å². The van der Waals surface area contributed by atoms with Crippen LogP contribution in [0.1, 0.15) is 60.3 Å². The highest BCUT2D eigenvalue weighted by molar-refractivity contribution is 5.91. The lowest BCUT2D eigenvalue weighted by Gasteiger charge is -2.54. The standard InChI is InChI=1S/C21H19FO2/c22-14-8-9-15-17(11-14)18-12-16(13-5-2-1-3-6-13)20(15)21(24-18)10-4-7-19(21)23/h1-3,5-6,8-9,11,16,18,20H,4,7,10,12H2/t16?,18?,20-,21?/m0/s1. The van der Waals surface area contributed by atoms with Crippen LogP contribution in [0.15, 0.2) is 48.5 Å². The number of hydrogen-bond acceptors (Lipinski definition) is 2. The first kappa shape index (κ1) is 14.4.